The molecule has 3 rings (SSSR count). The van der Waals surface area contributed by atoms with E-state index in [1.165, 1.54) is 11.3 Å². The molecule has 0 saturated heterocycles. The van der Waals surface area contributed by atoms with Gasteiger partial charge in [0.25, 0.3) is 0 Å². The van der Waals surface area contributed by atoms with Crippen molar-refractivity contribution in [2.24, 2.45) is 0 Å². The van der Waals surface area contributed by atoms with Crippen molar-refractivity contribution in [2.45, 2.75) is 6.10 Å². The number of aromatic nitrogens is 1. The summed E-state index contributed by atoms with van der Waals surface area (Å²) in [4.78, 5) is 17.3. The lowest BCUT2D eigenvalue weighted by molar-refractivity contribution is -0.116. The first-order valence-electron chi connectivity index (χ1n) is 6.53. The predicted octanol–water partition coefficient (Wildman–Crippen LogP) is 1.51. The van der Waals surface area contributed by atoms with Gasteiger partial charge in [-0.3, -0.25) is 0 Å². The summed E-state index contributed by atoms with van der Waals surface area (Å²) >= 11 is 0. The molecule has 1 atom stereocenters. The normalized spacial score (nSPS) is 19.1. The van der Waals surface area contributed by atoms with Gasteiger partial charge >= 0.3 is 5.97 Å². The molecular formula is C15H14N2O4. The molecule has 1 unspecified atom stereocenters. The maximum Gasteiger partial charge on any atom is 0.357 e. The van der Waals surface area contributed by atoms with Crippen LogP contribution in [-0.4, -0.2) is 40.5 Å². The number of carbonyl (C=O) groups is 1. The number of nitrogens with zero attached hydrogens (tertiary/aromatic N) is 2. The number of hydrogen-bond donors (Lipinski definition) is 1. The summed E-state index contributed by atoms with van der Waals surface area (Å²) in [6.07, 6.45) is 4.04. The van der Waals surface area contributed by atoms with E-state index in [1.807, 2.05) is 6.07 Å². The van der Waals surface area contributed by atoms with E-state index in [0.29, 0.717) is 12.1 Å². The van der Waals surface area contributed by atoms with Gasteiger partial charge in [-0.2, -0.15) is 0 Å². The monoisotopic (exact) mass is 286 g/mol. The van der Waals surface area contributed by atoms with Crippen molar-refractivity contribution in [2.75, 3.05) is 13.1 Å². The van der Waals surface area contributed by atoms with E-state index in [9.17, 15) is 9.90 Å². The topological polar surface area (TPSA) is 75.8 Å². The van der Waals surface area contributed by atoms with Crippen LogP contribution in [0.4, 0.5) is 0 Å². The van der Waals surface area contributed by atoms with Crippen molar-refractivity contribution in [1.29, 1.82) is 0 Å². The van der Waals surface area contributed by atoms with Gasteiger partial charge < -0.3 is 14.5 Å². The molecule has 1 aliphatic heterocycles. The second kappa shape index (κ2) is 5.90. The minimum atomic E-state index is -0.716. The third-order valence-electron chi connectivity index (χ3n) is 3.16. The molecule has 0 bridgehead atoms. The average molecular weight is 286 g/mol. The fourth-order valence-corrected chi connectivity index (χ4v) is 2.17. The maximum absolute atomic E-state index is 12.0. The Labute approximate surface area is 121 Å². The summed E-state index contributed by atoms with van der Waals surface area (Å²) in [5, 5.41) is 14.9. The van der Waals surface area contributed by atoms with E-state index in [4.69, 9.17) is 9.36 Å². The Bertz CT molecular complexity index is 637. The first-order chi connectivity index (χ1) is 10.2. The van der Waals surface area contributed by atoms with Crippen LogP contribution in [0.1, 0.15) is 15.9 Å². The highest BCUT2D eigenvalue weighted by Crippen LogP contribution is 2.21. The molecule has 0 radical (unpaired) electrons. The molecule has 0 saturated carbocycles. The molecule has 108 valence electrons. The molecule has 21 heavy (non-hydrogen) atoms. The first kappa shape index (κ1) is 13.5. The van der Waals surface area contributed by atoms with Crippen LogP contribution >= 0.6 is 0 Å². The van der Waals surface area contributed by atoms with Crippen LogP contribution in [0.5, 0.6) is 0 Å². The average Bonchev–Trinajstić information content (AvgIpc) is 3.02. The molecule has 2 heterocycles. The summed E-state index contributed by atoms with van der Waals surface area (Å²) in [6, 6.07) is 8.72. The first-order valence-corrected chi connectivity index (χ1v) is 6.53. The third-order valence-corrected chi connectivity index (χ3v) is 3.16. The van der Waals surface area contributed by atoms with Gasteiger partial charge in [-0.1, -0.05) is 23.4 Å². The fraction of sp³-hybridized carbons (Fsp3) is 0.200. The van der Waals surface area contributed by atoms with Gasteiger partial charge in [0, 0.05) is 5.56 Å². The fourth-order valence-electron chi connectivity index (χ4n) is 2.17. The van der Waals surface area contributed by atoms with Gasteiger partial charge in [0.1, 0.15) is 6.26 Å². The van der Waals surface area contributed by atoms with Gasteiger partial charge in [0.05, 0.1) is 31.0 Å². The van der Waals surface area contributed by atoms with Gasteiger partial charge in [-0.05, 0) is 23.8 Å². The van der Waals surface area contributed by atoms with E-state index in [2.05, 4.69) is 5.16 Å². The zero-order chi connectivity index (χ0) is 14.7. The summed E-state index contributed by atoms with van der Waals surface area (Å²) in [5.74, 6) is -0.450. The summed E-state index contributed by atoms with van der Waals surface area (Å²) in [5.41, 5.74) is 2.03. The third kappa shape index (κ3) is 3.18. The van der Waals surface area contributed by atoms with Gasteiger partial charge in [-0.15, -0.1) is 5.06 Å². The largest absolute Gasteiger partial charge is 0.388 e. The van der Waals surface area contributed by atoms with Crippen molar-refractivity contribution in [3.05, 3.63) is 60.0 Å². The molecule has 2 aromatic rings. The number of hydroxylamine groups is 2. The number of carbonyl (C=O) groups excluding carboxylic acids is 1. The second-order valence-electron chi connectivity index (χ2n) is 4.74. The van der Waals surface area contributed by atoms with Crippen LogP contribution < -0.4 is 0 Å². The molecule has 6 nitrogen and oxygen atoms in total. The zero-order valence-corrected chi connectivity index (χ0v) is 11.2. The van der Waals surface area contributed by atoms with Gasteiger partial charge in [0.15, 0.2) is 0 Å². The van der Waals surface area contributed by atoms with E-state index in [1.54, 1.807) is 36.5 Å². The highest BCUT2D eigenvalue weighted by Gasteiger charge is 2.24. The Morgan fingerprint density at radius 1 is 1.38 bits per heavy atom. The van der Waals surface area contributed by atoms with Gasteiger partial charge in [-0.25, -0.2) is 4.79 Å². The second-order valence-corrected chi connectivity index (χ2v) is 4.74. The number of aliphatic hydroxyl groups excluding tert-OH is 1. The Kier molecular flexibility index (Phi) is 3.81. The molecule has 0 spiro atoms. The minimum absolute atomic E-state index is 0.230. The van der Waals surface area contributed by atoms with E-state index >= 15 is 0 Å². The van der Waals surface area contributed by atoms with Crippen molar-refractivity contribution in [1.82, 2.24) is 10.2 Å². The highest BCUT2D eigenvalue weighted by atomic mass is 16.7. The van der Waals surface area contributed by atoms with Crippen molar-refractivity contribution in [3.8, 4) is 0 Å². The maximum atomic E-state index is 12.0. The quantitative estimate of drug-likeness (QED) is 0.921. The van der Waals surface area contributed by atoms with E-state index in [-0.39, 0.29) is 6.54 Å². The van der Waals surface area contributed by atoms with E-state index < -0.39 is 12.1 Å². The number of β-amino-alcohol motifs (C(OH)–C–C–N with tert-alkyl or cyclic N) is 1. The van der Waals surface area contributed by atoms with Gasteiger partial charge in [0.2, 0.25) is 0 Å². The molecule has 1 aromatic heterocycles. The summed E-state index contributed by atoms with van der Waals surface area (Å²) in [7, 11) is 0. The molecule has 1 aliphatic rings. The molecule has 0 aliphatic carbocycles. The number of hydrogen-bond acceptors (Lipinski definition) is 6. The number of aliphatic hydroxyl groups is 1. The molecule has 0 amide bonds. The lowest BCUT2D eigenvalue weighted by Crippen LogP contribution is -2.38. The van der Waals surface area contributed by atoms with Crippen LogP contribution in [0.3, 0.4) is 0 Å². The Morgan fingerprint density at radius 2 is 2.19 bits per heavy atom. The number of benzene rings is 1. The zero-order valence-electron chi connectivity index (χ0n) is 11.2. The summed E-state index contributed by atoms with van der Waals surface area (Å²) < 4.78 is 4.79. The highest BCUT2D eigenvalue weighted by molar-refractivity contribution is 5.89. The van der Waals surface area contributed by atoms with Crippen LogP contribution in [0.25, 0.3) is 5.57 Å². The lowest BCUT2D eigenvalue weighted by Gasteiger charge is -2.28. The minimum Gasteiger partial charge on any atom is -0.388 e. The smallest absolute Gasteiger partial charge is 0.357 e. The van der Waals surface area contributed by atoms with Crippen molar-refractivity contribution >= 4 is 11.5 Å². The molecule has 1 N–H and O–H groups in total. The van der Waals surface area contributed by atoms with Crippen molar-refractivity contribution in [3.63, 3.8) is 0 Å². The van der Waals surface area contributed by atoms with Crippen LogP contribution in [0.2, 0.25) is 0 Å². The van der Waals surface area contributed by atoms with Crippen molar-refractivity contribution < 1.29 is 19.3 Å². The Hall–Kier alpha value is -2.44. The molecular weight excluding hydrogens is 272 g/mol. The van der Waals surface area contributed by atoms with Crippen LogP contribution in [0, 0.1) is 0 Å². The van der Waals surface area contributed by atoms with Crippen LogP contribution in [0.15, 0.2) is 53.4 Å². The number of rotatable bonds is 3. The predicted molar refractivity (Wildman–Crippen MR) is 73.9 cm³/mol. The Balaban J connectivity index is 1.70. The standard InChI is InChI=1S/C15H14N2O4/c18-14-6-12(13-7-16-20-10-13)8-17(9-14)21-15(19)11-4-2-1-3-5-11/h1-7,10,14,18H,8-9H2. The van der Waals surface area contributed by atoms with E-state index in [0.717, 1.165) is 11.1 Å². The molecule has 0 fully saturated rings. The van der Waals surface area contributed by atoms with Crippen LogP contribution in [-0.2, 0) is 4.84 Å². The molecule has 1 aromatic carbocycles. The molecule has 6 heteroatoms. The SMILES string of the molecule is O=C(ON1CC(c2cnoc2)=CC(O)C1)c1ccccc1. The lowest BCUT2D eigenvalue weighted by atomic mass is 10.0. The summed E-state index contributed by atoms with van der Waals surface area (Å²) in [6.45, 7) is 0.601. The Morgan fingerprint density at radius 3 is 2.90 bits per heavy atom.